The van der Waals surface area contributed by atoms with Crippen LogP contribution in [0.3, 0.4) is 0 Å². The summed E-state index contributed by atoms with van der Waals surface area (Å²) in [6.45, 7) is 0. The Labute approximate surface area is 99.3 Å². The van der Waals surface area contributed by atoms with Gasteiger partial charge in [0, 0.05) is 16.0 Å². The van der Waals surface area contributed by atoms with Crippen LogP contribution in [0.1, 0.15) is 0 Å². The molecule has 7 heteroatoms. The number of rotatable bonds is 2. The zero-order valence-electron chi connectivity index (χ0n) is 8.04. The van der Waals surface area contributed by atoms with Crippen molar-refractivity contribution < 1.29 is 0 Å². The summed E-state index contributed by atoms with van der Waals surface area (Å²) in [5, 5.41) is 7.89. The fourth-order valence-electron chi connectivity index (χ4n) is 1.38. The molecule has 0 saturated heterocycles. The van der Waals surface area contributed by atoms with Crippen molar-refractivity contribution in [2.75, 3.05) is 5.73 Å². The molecule has 1 aromatic carbocycles. The minimum absolute atomic E-state index is 0.731. The van der Waals surface area contributed by atoms with E-state index in [1.165, 1.54) is 29.6 Å². The van der Waals surface area contributed by atoms with Crippen molar-refractivity contribution in [1.82, 2.24) is 19.6 Å². The monoisotopic (exact) mass is 249 g/mol. The lowest BCUT2D eigenvalue weighted by molar-refractivity contribution is 1.12. The van der Waals surface area contributed by atoms with Gasteiger partial charge in [-0.2, -0.15) is 9.47 Å². The van der Waals surface area contributed by atoms with Gasteiger partial charge >= 0.3 is 0 Å². The predicted molar refractivity (Wildman–Crippen MR) is 64.5 cm³/mol. The van der Waals surface area contributed by atoms with Gasteiger partial charge in [-0.3, -0.25) is 5.10 Å². The van der Waals surface area contributed by atoms with Gasteiger partial charge in [0.05, 0.1) is 11.7 Å². The van der Waals surface area contributed by atoms with Crippen molar-refractivity contribution in [3.63, 3.8) is 0 Å². The highest BCUT2D eigenvalue weighted by molar-refractivity contribution is 8.01. The third-order valence-corrected chi connectivity index (χ3v) is 3.90. The summed E-state index contributed by atoms with van der Waals surface area (Å²) < 4.78 is 4.83. The first-order valence-electron chi connectivity index (χ1n) is 4.50. The first-order chi connectivity index (χ1) is 7.83. The zero-order valence-corrected chi connectivity index (χ0v) is 9.68. The van der Waals surface area contributed by atoms with E-state index >= 15 is 0 Å². The maximum atomic E-state index is 5.96. The van der Waals surface area contributed by atoms with Gasteiger partial charge in [0.25, 0.3) is 0 Å². The molecule has 0 atom stereocenters. The van der Waals surface area contributed by atoms with Crippen LogP contribution in [0.4, 0.5) is 5.69 Å². The standard InChI is InChI=1S/C9H7N5S2/c10-6-1-5-3-12-14-7(5)2-8(6)15-9-11-4-13-16-9/h1-4H,10H2,(H,12,14). The Kier molecular flexibility index (Phi) is 2.26. The van der Waals surface area contributed by atoms with E-state index in [0.29, 0.717) is 0 Å². The minimum atomic E-state index is 0.731. The Hall–Kier alpha value is -1.60. The highest BCUT2D eigenvalue weighted by atomic mass is 32.2. The number of nitrogens with one attached hydrogen (secondary N) is 1. The fraction of sp³-hybridized carbons (Fsp3) is 0. The molecule has 2 heterocycles. The molecule has 2 aromatic heterocycles. The van der Waals surface area contributed by atoms with E-state index in [9.17, 15) is 0 Å². The molecule has 0 aliphatic heterocycles. The SMILES string of the molecule is Nc1cc2cn[nH]c2cc1Sc1ncns1. The van der Waals surface area contributed by atoms with Gasteiger partial charge in [0.2, 0.25) is 0 Å². The molecule has 5 nitrogen and oxygen atoms in total. The van der Waals surface area contributed by atoms with E-state index in [4.69, 9.17) is 5.73 Å². The molecule has 16 heavy (non-hydrogen) atoms. The second-order valence-electron chi connectivity index (χ2n) is 3.16. The molecule has 0 radical (unpaired) electrons. The topological polar surface area (TPSA) is 80.5 Å². The van der Waals surface area contributed by atoms with E-state index in [2.05, 4.69) is 19.6 Å². The summed E-state index contributed by atoms with van der Waals surface area (Å²) in [4.78, 5) is 5.08. The van der Waals surface area contributed by atoms with Crippen molar-refractivity contribution in [1.29, 1.82) is 0 Å². The predicted octanol–water partition coefficient (Wildman–Crippen LogP) is 2.15. The van der Waals surface area contributed by atoms with Crippen molar-refractivity contribution in [3.05, 3.63) is 24.7 Å². The molecule has 80 valence electrons. The van der Waals surface area contributed by atoms with E-state index in [1.807, 2.05) is 12.1 Å². The maximum Gasteiger partial charge on any atom is 0.174 e. The van der Waals surface area contributed by atoms with Gasteiger partial charge < -0.3 is 5.73 Å². The molecular weight excluding hydrogens is 242 g/mol. The van der Waals surface area contributed by atoms with Crippen LogP contribution < -0.4 is 5.73 Å². The second kappa shape index (κ2) is 3.76. The molecule has 0 fully saturated rings. The van der Waals surface area contributed by atoms with E-state index in [0.717, 1.165) is 25.8 Å². The number of benzene rings is 1. The van der Waals surface area contributed by atoms with Gasteiger partial charge in [-0.15, -0.1) is 0 Å². The number of aromatic nitrogens is 4. The lowest BCUT2D eigenvalue weighted by Gasteiger charge is -2.02. The molecular formula is C9H7N5S2. The number of anilines is 1. The summed E-state index contributed by atoms with van der Waals surface area (Å²) in [6, 6.07) is 3.88. The molecule has 0 bridgehead atoms. The van der Waals surface area contributed by atoms with Crippen LogP contribution in [0.2, 0.25) is 0 Å². The quantitative estimate of drug-likeness (QED) is 0.680. The van der Waals surface area contributed by atoms with Crippen molar-refractivity contribution in [3.8, 4) is 0 Å². The summed E-state index contributed by atoms with van der Waals surface area (Å²) in [5.41, 5.74) is 7.66. The minimum Gasteiger partial charge on any atom is -0.398 e. The molecule has 3 aromatic rings. The normalized spacial score (nSPS) is 11.0. The number of hydrogen-bond acceptors (Lipinski definition) is 6. The number of fused-ring (bicyclic) bond motifs is 1. The highest BCUT2D eigenvalue weighted by Gasteiger charge is 2.07. The third-order valence-electron chi connectivity index (χ3n) is 2.11. The average Bonchev–Trinajstić information content (AvgIpc) is 2.89. The Balaban J connectivity index is 2.05. The Bertz CT molecular complexity index is 616. The number of nitrogens with zero attached hydrogens (tertiary/aromatic N) is 3. The van der Waals surface area contributed by atoms with Crippen LogP contribution in [-0.2, 0) is 0 Å². The molecule has 0 aliphatic rings. The number of nitrogens with two attached hydrogens (primary N) is 1. The smallest absolute Gasteiger partial charge is 0.174 e. The first-order valence-corrected chi connectivity index (χ1v) is 6.09. The highest BCUT2D eigenvalue weighted by Crippen LogP contribution is 2.34. The molecule has 0 amide bonds. The fourth-order valence-corrected chi connectivity index (χ4v) is 2.85. The second-order valence-corrected chi connectivity index (χ2v) is 5.23. The van der Waals surface area contributed by atoms with Crippen LogP contribution in [0, 0.1) is 0 Å². The van der Waals surface area contributed by atoms with Gasteiger partial charge in [0.15, 0.2) is 4.34 Å². The molecule has 0 aliphatic carbocycles. The van der Waals surface area contributed by atoms with Crippen molar-refractivity contribution in [2.24, 2.45) is 0 Å². The number of aromatic amines is 1. The first kappa shape index (κ1) is 9.61. The van der Waals surface area contributed by atoms with E-state index in [1.54, 1.807) is 6.20 Å². The maximum absolute atomic E-state index is 5.96. The summed E-state index contributed by atoms with van der Waals surface area (Å²) >= 11 is 2.87. The molecule has 0 unspecified atom stereocenters. The van der Waals surface area contributed by atoms with Crippen LogP contribution in [0.25, 0.3) is 10.9 Å². The van der Waals surface area contributed by atoms with E-state index in [-0.39, 0.29) is 0 Å². The lowest BCUT2D eigenvalue weighted by Crippen LogP contribution is -1.88. The summed E-state index contributed by atoms with van der Waals surface area (Å²) in [7, 11) is 0. The largest absolute Gasteiger partial charge is 0.398 e. The Morgan fingerprint density at radius 3 is 3.12 bits per heavy atom. The third kappa shape index (κ3) is 1.63. The molecule has 0 saturated carbocycles. The van der Waals surface area contributed by atoms with Gasteiger partial charge in [0.1, 0.15) is 6.33 Å². The van der Waals surface area contributed by atoms with Crippen molar-refractivity contribution in [2.45, 2.75) is 9.24 Å². The lowest BCUT2D eigenvalue weighted by atomic mass is 10.2. The van der Waals surface area contributed by atoms with Crippen molar-refractivity contribution >= 4 is 39.9 Å². The van der Waals surface area contributed by atoms with Crippen LogP contribution in [0.5, 0.6) is 0 Å². The summed E-state index contributed by atoms with van der Waals surface area (Å²) in [5.74, 6) is 0. The van der Waals surface area contributed by atoms with Gasteiger partial charge in [-0.1, -0.05) is 11.8 Å². The Morgan fingerprint density at radius 1 is 1.38 bits per heavy atom. The average molecular weight is 249 g/mol. The molecule has 0 spiro atoms. The van der Waals surface area contributed by atoms with Crippen LogP contribution in [0.15, 0.2) is 33.9 Å². The Morgan fingerprint density at radius 2 is 2.31 bits per heavy atom. The zero-order chi connectivity index (χ0) is 11.0. The number of hydrogen-bond donors (Lipinski definition) is 2. The van der Waals surface area contributed by atoms with Gasteiger partial charge in [-0.25, -0.2) is 4.98 Å². The van der Waals surface area contributed by atoms with Gasteiger partial charge in [-0.05, 0) is 23.7 Å². The number of H-pyrrole nitrogens is 1. The number of nitrogen functional groups attached to an aromatic ring is 1. The van der Waals surface area contributed by atoms with E-state index < -0.39 is 0 Å². The van der Waals surface area contributed by atoms with Crippen LogP contribution in [-0.4, -0.2) is 19.6 Å². The molecule has 3 N–H and O–H groups in total. The summed E-state index contributed by atoms with van der Waals surface area (Å²) in [6.07, 6.45) is 3.29. The van der Waals surface area contributed by atoms with Crippen LogP contribution >= 0.6 is 23.3 Å². The molecule has 3 rings (SSSR count).